The predicted molar refractivity (Wildman–Crippen MR) is 82.0 cm³/mol. The normalized spacial score (nSPS) is 16.4. The van der Waals surface area contributed by atoms with Crippen molar-refractivity contribution in [3.63, 3.8) is 0 Å². The third-order valence-corrected chi connectivity index (χ3v) is 4.20. The van der Waals surface area contributed by atoms with Crippen LogP contribution in [0.3, 0.4) is 0 Å². The van der Waals surface area contributed by atoms with E-state index in [-0.39, 0.29) is 10.9 Å². The van der Waals surface area contributed by atoms with Gasteiger partial charge in [-0.25, -0.2) is 0 Å². The molecule has 0 spiro atoms. The first kappa shape index (κ1) is 13.1. The average molecular weight is 269 g/mol. The molecule has 2 aromatic carbocycles. The fourth-order valence-corrected chi connectivity index (χ4v) is 2.98. The highest BCUT2D eigenvalue weighted by atomic mass is 16.2. The van der Waals surface area contributed by atoms with Crippen molar-refractivity contribution in [2.45, 2.75) is 45.1 Å². The van der Waals surface area contributed by atoms with Gasteiger partial charge in [-0.15, -0.1) is 0 Å². The summed E-state index contributed by atoms with van der Waals surface area (Å²) in [7, 11) is 0. The molecule has 1 aliphatic rings. The molecule has 20 heavy (non-hydrogen) atoms. The van der Waals surface area contributed by atoms with E-state index in [1.165, 1.54) is 19.3 Å². The summed E-state index contributed by atoms with van der Waals surface area (Å²) in [5.41, 5.74) is 2.39. The van der Waals surface area contributed by atoms with E-state index in [4.69, 9.17) is 0 Å². The highest BCUT2D eigenvalue weighted by Gasteiger charge is 2.24. The van der Waals surface area contributed by atoms with Crippen LogP contribution in [0.4, 0.5) is 5.69 Å². The number of hydrogen-bond acceptors (Lipinski definition) is 3. The lowest BCUT2D eigenvalue weighted by Crippen LogP contribution is -2.39. The lowest BCUT2D eigenvalue weighted by molar-refractivity contribution is 0.462. The molecule has 1 aliphatic carbocycles. The van der Waals surface area contributed by atoms with Crippen molar-refractivity contribution in [3.8, 4) is 11.1 Å². The summed E-state index contributed by atoms with van der Waals surface area (Å²) in [5.74, 6) is 0. The average Bonchev–Trinajstić information content (AvgIpc) is 2.49. The molecule has 0 saturated heterocycles. The molecule has 1 saturated carbocycles. The van der Waals surface area contributed by atoms with Crippen molar-refractivity contribution in [1.29, 1.82) is 0 Å². The van der Waals surface area contributed by atoms with Gasteiger partial charge in [-0.2, -0.15) is 0 Å². The van der Waals surface area contributed by atoms with Crippen LogP contribution in [0, 0.1) is 6.92 Å². The maximum Gasteiger partial charge on any atom is 0.250 e. The number of nitrogens with one attached hydrogen (secondary N) is 1. The zero-order valence-corrected chi connectivity index (χ0v) is 11.7. The summed E-state index contributed by atoms with van der Waals surface area (Å²) in [6.45, 7) is 2.01. The van der Waals surface area contributed by atoms with E-state index in [2.05, 4.69) is 5.32 Å². The van der Waals surface area contributed by atoms with Gasteiger partial charge >= 0.3 is 0 Å². The number of hydrogen-bond donors (Lipinski definition) is 1. The summed E-state index contributed by atoms with van der Waals surface area (Å²) in [4.78, 5) is 23.7. The minimum absolute atomic E-state index is 0.344. The first-order valence-electron chi connectivity index (χ1n) is 7.33. The van der Waals surface area contributed by atoms with Gasteiger partial charge in [0.2, 0.25) is 10.9 Å². The van der Waals surface area contributed by atoms with Gasteiger partial charge in [-0.3, -0.25) is 9.59 Å². The molecule has 0 amide bonds. The quantitative estimate of drug-likeness (QED) is 0.871. The summed E-state index contributed by atoms with van der Waals surface area (Å²) >= 11 is 0. The third-order valence-electron chi connectivity index (χ3n) is 4.20. The largest absolute Gasteiger partial charge is 0.378 e. The molecule has 0 aromatic heterocycles. The molecular weight excluding hydrogens is 250 g/mol. The smallest absolute Gasteiger partial charge is 0.250 e. The molecule has 2 aromatic rings. The first-order valence-corrected chi connectivity index (χ1v) is 7.33. The fraction of sp³-hybridized carbons (Fsp3) is 0.412. The van der Waals surface area contributed by atoms with Crippen LogP contribution in [0.5, 0.6) is 0 Å². The van der Waals surface area contributed by atoms with E-state index >= 15 is 0 Å². The van der Waals surface area contributed by atoms with Crippen LogP contribution in [0.1, 0.15) is 37.7 Å². The van der Waals surface area contributed by atoms with Crippen LogP contribution in [-0.2, 0) is 0 Å². The SMILES string of the molecule is Cc1ccc(-c2c(NC3CCCCC3)c(=O)c2=O)cc1. The Bertz CT molecular complexity index is 672. The van der Waals surface area contributed by atoms with Crippen LogP contribution in [0.25, 0.3) is 11.1 Å². The molecule has 104 valence electrons. The molecular formula is C17H19NO2. The second-order valence-corrected chi connectivity index (χ2v) is 5.75. The van der Waals surface area contributed by atoms with Crippen molar-refractivity contribution in [2.75, 3.05) is 5.32 Å². The van der Waals surface area contributed by atoms with Crippen LogP contribution >= 0.6 is 0 Å². The lowest BCUT2D eigenvalue weighted by Gasteiger charge is -2.25. The zero-order valence-electron chi connectivity index (χ0n) is 11.7. The molecule has 0 unspecified atom stereocenters. The lowest BCUT2D eigenvalue weighted by atomic mass is 9.93. The van der Waals surface area contributed by atoms with E-state index in [9.17, 15) is 9.59 Å². The molecule has 0 heterocycles. The highest BCUT2D eigenvalue weighted by molar-refractivity contribution is 5.82. The van der Waals surface area contributed by atoms with Crippen molar-refractivity contribution in [1.82, 2.24) is 0 Å². The van der Waals surface area contributed by atoms with Gasteiger partial charge in [0.1, 0.15) is 0 Å². The number of rotatable bonds is 3. The molecule has 1 fully saturated rings. The van der Waals surface area contributed by atoms with Gasteiger partial charge in [0.05, 0.1) is 11.3 Å². The van der Waals surface area contributed by atoms with Crippen molar-refractivity contribution >= 4 is 5.69 Å². The number of benzene rings is 1. The van der Waals surface area contributed by atoms with E-state index in [0.29, 0.717) is 17.3 Å². The number of anilines is 1. The Labute approximate surface area is 118 Å². The molecule has 0 radical (unpaired) electrons. The van der Waals surface area contributed by atoms with Gasteiger partial charge in [-0.1, -0.05) is 49.1 Å². The third kappa shape index (κ3) is 2.28. The van der Waals surface area contributed by atoms with E-state index in [1.54, 1.807) is 0 Å². The summed E-state index contributed by atoms with van der Waals surface area (Å²) in [6, 6.07) is 8.11. The molecule has 3 rings (SSSR count). The van der Waals surface area contributed by atoms with Gasteiger partial charge in [-0.05, 0) is 25.3 Å². The minimum atomic E-state index is -0.355. The fourth-order valence-electron chi connectivity index (χ4n) is 2.98. The molecule has 0 atom stereocenters. The molecule has 3 nitrogen and oxygen atoms in total. The Kier molecular flexibility index (Phi) is 3.43. The maximum atomic E-state index is 11.9. The summed E-state index contributed by atoms with van der Waals surface area (Å²) < 4.78 is 0. The standard InChI is InChI=1S/C17H19NO2/c1-11-7-9-12(10-8-11)14-15(17(20)16(14)19)18-13-5-3-2-4-6-13/h7-10,13,18H,2-6H2,1H3. The number of aryl methyl sites for hydroxylation is 1. The van der Waals surface area contributed by atoms with Crippen LogP contribution in [0.15, 0.2) is 33.9 Å². The Morgan fingerprint density at radius 2 is 1.60 bits per heavy atom. The van der Waals surface area contributed by atoms with E-state index in [1.807, 2.05) is 31.2 Å². The molecule has 0 bridgehead atoms. The topological polar surface area (TPSA) is 46.2 Å². The van der Waals surface area contributed by atoms with Crippen molar-refractivity contribution in [2.24, 2.45) is 0 Å². The monoisotopic (exact) mass is 269 g/mol. The van der Waals surface area contributed by atoms with Gasteiger partial charge in [0.25, 0.3) is 0 Å². The van der Waals surface area contributed by atoms with Gasteiger partial charge < -0.3 is 5.32 Å². The van der Waals surface area contributed by atoms with Gasteiger partial charge in [0.15, 0.2) is 0 Å². The molecule has 1 N–H and O–H groups in total. The molecule has 0 aliphatic heterocycles. The second kappa shape index (κ2) is 5.23. The van der Waals surface area contributed by atoms with E-state index in [0.717, 1.165) is 24.0 Å². The predicted octanol–water partition coefficient (Wildman–Crippen LogP) is 3.00. The summed E-state index contributed by atoms with van der Waals surface area (Å²) in [5, 5.41) is 3.31. The van der Waals surface area contributed by atoms with Crippen LogP contribution in [-0.4, -0.2) is 6.04 Å². The Morgan fingerprint density at radius 1 is 0.950 bits per heavy atom. The van der Waals surface area contributed by atoms with Crippen molar-refractivity contribution < 1.29 is 0 Å². The Hall–Kier alpha value is -1.90. The second-order valence-electron chi connectivity index (χ2n) is 5.75. The van der Waals surface area contributed by atoms with Gasteiger partial charge in [0, 0.05) is 6.04 Å². The Morgan fingerprint density at radius 3 is 2.25 bits per heavy atom. The first-order chi connectivity index (χ1) is 9.66. The summed E-state index contributed by atoms with van der Waals surface area (Å²) in [6.07, 6.45) is 5.85. The van der Waals surface area contributed by atoms with Crippen LogP contribution < -0.4 is 16.2 Å². The minimum Gasteiger partial charge on any atom is -0.378 e. The van der Waals surface area contributed by atoms with E-state index < -0.39 is 0 Å². The molecule has 3 heteroatoms. The maximum absolute atomic E-state index is 11.9. The zero-order chi connectivity index (χ0) is 14.1. The Balaban J connectivity index is 1.88. The van der Waals surface area contributed by atoms with Crippen molar-refractivity contribution in [3.05, 3.63) is 50.3 Å². The highest BCUT2D eigenvalue weighted by Crippen LogP contribution is 2.27. The van der Waals surface area contributed by atoms with Crippen LogP contribution in [0.2, 0.25) is 0 Å².